The molecule has 0 atom stereocenters. The molecule has 0 fully saturated rings. The normalized spacial score (nSPS) is 11.1. The van der Waals surface area contributed by atoms with Crippen molar-refractivity contribution in [1.82, 2.24) is 9.88 Å². The number of methoxy groups -OCH3 is 1. The smallest absolute Gasteiger partial charge is 0.263 e. The summed E-state index contributed by atoms with van der Waals surface area (Å²) in [6, 6.07) is 13.5. The molecule has 3 rings (SSSR count). The molecule has 0 aliphatic rings. The first-order chi connectivity index (χ1) is 13.0. The fourth-order valence-electron chi connectivity index (χ4n) is 2.93. The fourth-order valence-corrected chi connectivity index (χ4v) is 4.02. The van der Waals surface area contributed by atoms with Crippen molar-refractivity contribution >= 4 is 32.6 Å². The van der Waals surface area contributed by atoms with Gasteiger partial charge >= 0.3 is 0 Å². The van der Waals surface area contributed by atoms with E-state index in [1.807, 2.05) is 44.4 Å². The van der Waals surface area contributed by atoms with Crippen LogP contribution in [-0.2, 0) is 0 Å². The lowest BCUT2D eigenvalue weighted by molar-refractivity contribution is 0.0983. The van der Waals surface area contributed by atoms with Gasteiger partial charge in [-0.3, -0.25) is 9.69 Å². The van der Waals surface area contributed by atoms with Crippen LogP contribution in [0.3, 0.4) is 0 Å². The number of aryl methyl sites for hydroxylation is 1. The zero-order chi connectivity index (χ0) is 19.4. The molecule has 0 saturated carbocycles. The zero-order valence-electron chi connectivity index (χ0n) is 16.2. The Hall–Kier alpha value is -2.44. The lowest BCUT2D eigenvalue weighted by atomic mass is 10.1. The predicted octanol–water partition coefficient (Wildman–Crippen LogP) is 4.21. The largest absolute Gasteiger partial charge is 0.496 e. The number of thiazole rings is 1. The Balaban J connectivity index is 1.97. The first-order valence-corrected chi connectivity index (χ1v) is 9.78. The van der Waals surface area contributed by atoms with Crippen molar-refractivity contribution in [3.05, 3.63) is 53.6 Å². The van der Waals surface area contributed by atoms with Gasteiger partial charge in [-0.1, -0.05) is 29.5 Å². The predicted molar refractivity (Wildman–Crippen MR) is 112 cm³/mol. The molecule has 0 saturated heterocycles. The van der Waals surface area contributed by atoms with Crippen LogP contribution >= 0.6 is 11.3 Å². The van der Waals surface area contributed by atoms with E-state index in [1.165, 1.54) is 5.56 Å². The summed E-state index contributed by atoms with van der Waals surface area (Å²) in [6.45, 7) is 3.57. The Morgan fingerprint density at radius 3 is 2.67 bits per heavy atom. The quantitative estimate of drug-likeness (QED) is 0.613. The standard InChI is InChI=1S/C21H25N3O2S/c1-15-10-11-17-19(14-15)27-21(22-17)24(13-7-12-23(2)3)20(25)16-8-5-6-9-18(16)26-4/h5-6,8-11,14H,7,12-13H2,1-4H3. The van der Waals surface area contributed by atoms with Crippen molar-refractivity contribution < 1.29 is 9.53 Å². The van der Waals surface area contributed by atoms with Crippen molar-refractivity contribution in [2.24, 2.45) is 0 Å². The molecule has 0 bridgehead atoms. The molecule has 5 nitrogen and oxygen atoms in total. The average molecular weight is 384 g/mol. The summed E-state index contributed by atoms with van der Waals surface area (Å²) in [5.41, 5.74) is 2.67. The number of nitrogens with zero attached hydrogens (tertiary/aromatic N) is 3. The first-order valence-electron chi connectivity index (χ1n) is 8.96. The molecule has 0 N–H and O–H groups in total. The second kappa shape index (κ2) is 8.50. The average Bonchev–Trinajstić information content (AvgIpc) is 3.07. The molecule has 0 aliphatic heterocycles. The third-order valence-electron chi connectivity index (χ3n) is 4.33. The number of ether oxygens (including phenoxy) is 1. The van der Waals surface area contributed by atoms with E-state index in [1.54, 1.807) is 29.4 Å². The van der Waals surface area contributed by atoms with Crippen molar-refractivity contribution in [3.8, 4) is 5.75 Å². The summed E-state index contributed by atoms with van der Waals surface area (Å²) in [6.07, 6.45) is 0.864. The Morgan fingerprint density at radius 1 is 1.15 bits per heavy atom. The number of rotatable bonds is 7. The van der Waals surface area contributed by atoms with Gasteiger partial charge in [0.1, 0.15) is 5.75 Å². The van der Waals surface area contributed by atoms with Crippen molar-refractivity contribution in [2.45, 2.75) is 13.3 Å². The molecule has 142 valence electrons. The number of fused-ring (bicyclic) bond motifs is 1. The molecule has 1 amide bonds. The summed E-state index contributed by atoms with van der Waals surface area (Å²) < 4.78 is 6.49. The van der Waals surface area contributed by atoms with Gasteiger partial charge in [-0.05, 0) is 63.8 Å². The van der Waals surface area contributed by atoms with E-state index in [9.17, 15) is 4.79 Å². The minimum Gasteiger partial charge on any atom is -0.496 e. The fraction of sp³-hybridized carbons (Fsp3) is 0.333. The van der Waals surface area contributed by atoms with Gasteiger partial charge in [0.15, 0.2) is 5.13 Å². The van der Waals surface area contributed by atoms with Crippen LogP contribution in [0.15, 0.2) is 42.5 Å². The van der Waals surface area contributed by atoms with Gasteiger partial charge < -0.3 is 9.64 Å². The highest BCUT2D eigenvalue weighted by molar-refractivity contribution is 7.22. The number of para-hydroxylation sites is 1. The van der Waals surface area contributed by atoms with Crippen LogP contribution in [0.25, 0.3) is 10.2 Å². The zero-order valence-corrected chi connectivity index (χ0v) is 17.0. The summed E-state index contributed by atoms with van der Waals surface area (Å²) >= 11 is 1.55. The van der Waals surface area contributed by atoms with E-state index in [4.69, 9.17) is 9.72 Å². The van der Waals surface area contributed by atoms with E-state index < -0.39 is 0 Å². The van der Waals surface area contributed by atoms with Crippen LogP contribution in [-0.4, -0.2) is 50.1 Å². The van der Waals surface area contributed by atoms with Crippen molar-refractivity contribution in [3.63, 3.8) is 0 Å². The Bertz CT molecular complexity index is 936. The lowest BCUT2D eigenvalue weighted by Crippen LogP contribution is -2.33. The number of amides is 1. The molecule has 1 heterocycles. The third kappa shape index (κ3) is 4.46. The highest BCUT2D eigenvalue weighted by Crippen LogP contribution is 2.31. The topological polar surface area (TPSA) is 45.7 Å². The number of hydrogen-bond donors (Lipinski definition) is 0. The molecule has 0 unspecified atom stereocenters. The number of aromatic nitrogens is 1. The summed E-state index contributed by atoms with van der Waals surface area (Å²) in [5, 5.41) is 0.727. The number of carbonyl (C=O) groups excluding carboxylic acids is 1. The first kappa shape index (κ1) is 19.3. The van der Waals surface area contributed by atoms with E-state index in [0.717, 1.165) is 28.3 Å². The molecule has 3 aromatic rings. The number of benzene rings is 2. The van der Waals surface area contributed by atoms with Gasteiger partial charge in [-0.25, -0.2) is 4.98 Å². The van der Waals surface area contributed by atoms with E-state index in [-0.39, 0.29) is 5.91 Å². The molecule has 6 heteroatoms. The molecule has 2 aromatic carbocycles. The van der Waals surface area contributed by atoms with E-state index >= 15 is 0 Å². The maximum atomic E-state index is 13.3. The van der Waals surface area contributed by atoms with Gasteiger partial charge in [0, 0.05) is 6.54 Å². The minimum absolute atomic E-state index is 0.0815. The maximum Gasteiger partial charge on any atom is 0.263 e. The number of hydrogen-bond acceptors (Lipinski definition) is 5. The summed E-state index contributed by atoms with van der Waals surface area (Å²) in [5.74, 6) is 0.499. The van der Waals surface area contributed by atoms with Crippen molar-refractivity contribution in [1.29, 1.82) is 0 Å². The minimum atomic E-state index is -0.0815. The van der Waals surface area contributed by atoms with Gasteiger partial charge in [0.25, 0.3) is 5.91 Å². The molecular weight excluding hydrogens is 358 g/mol. The Labute approximate surface area is 164 Å². The second-order valence-electron chi connectivity index (χ2n) is 6.78. The van der Waals surface area contributed by atoms with Crippen LogP contribution in [0.4, 0.5) is 5.13 Å². The summed E-state index contributed by atoms with van der Waals surface area (Å²) in [7, 11) is 5.66. The van der Waals surface area contributed by atoms with E-state index in [2.05, 4.69) is 17.9 Å². The van der Waals surface area contributed by atoms with Gasteiger partial charge in [0.05, 0.1) is 22.9 Å². The third-order valence-corrected chi connectivity index (χ3v) is 5.37. The molecule has 0 aliphatic carbocycles. The number of carbonyl (C=O) groups is 1. The van der Waals surface area contributed by atoms with Crippen molar-refractivity contribution in [2.75, 3.05) is 39.2 Å². The monoisotopic (exact) mass is 383 g/mol. The van der Waals surface area contributed by atoms with Crippen LogP contribution < -0.4 is 9.64 Å². The highest BCUT2D eigenvalue weighted by Gasteiger charge is 2.23. The molecule has 27 heavy (non-hydrogen) atoms. The van der Waals surface area contributed by atoms with Crippen LogP contribution in [0.2, 0.25) is 0 Å². The molecule has 0 radical (unpaired) electrons. The Morgan fingerprint density at radius 2 is 1.93 bits per heavy atom. The van der Waals surface area contributed by atoms with Gasteiger partial charge in [-0.15, -0.1) is 0 Å². The molecule has 1 aromatic heterocycles. The molecule has 0 spiro atoms. The lowest BCUT2D eigenvalue weighted by Gasteiger charge is -2.22. The molecular formula is C21H25N3O2S. The van der Waals surface area contributed by atoms with Gasteiger partial charge in [0.2, 0.25) is 0 Å². The second-order valence-corrected chi connectivity index (χ2v) is 7.79. The van der Waals surface area contributed by atoms with Crippen LogP contribution in [0.1, 0.15) is 22.3 Å². The maximum absolute atomic E-state index is 13.3. The van der Waals surface area contributed by atoms with Gasteiger partial charge in [-0.2, -0.15) is 0 Å². The van der Waals surface area contributed by atoms with Crippen LogP contribution in [0.5, 0.6) is 5.75 Å². The van der Waals surface area contributed by atoms with E-state index in [0.29, 0.717) is 17.9 Å². The summed E-state index contributed by atoms with van der Waals surface area (Å²) in [4.78, 5) is 22.0. The Kier molecular flexibility index (Phi) is 6.08. The number of anilines is 1. The highest BCUT2D eigenvalue weighted by atomic mass is 32.1. The van der Waals surface area contributed by atoms with Crippen LogP contribution in [0, 0.1) is 6.92 Å². The SMILES string of the molecule is COc1ccccc1C(=O)N(CCCN(C)C)c1nc2ccc(C)cc2s1.